The lowest BCUT2D eigenvalue weighted by Gasteiger charge is -2.22. The van der Waals surface area contributed by atoms with Crippen LogP contribution in [-0.4, -0.2) is 55.4 Å². The number of anilines is 1. The standard InChI is InChI=1S/C11H17ClN4O4/c1-19-6-3-4-15(5-7-20-2)10-9(16(17)18)8-13-11(12)14-10/h8H,3-7H2,1-2H3. The van der Waals surface area contributed by atoms with Crippen LogP contribution in [0.1, 0.15) is 6.42 Å². The molecule has 0 radical (unpaired) electrons. The molecule has 0 aliphatic heterocycles. The third kappa shape index (κ3) is 4.87. The van der Waals surface area contributed by atoms with Crippen molar-refractivity contribution in [3.63, 3.8) is 0 Å². The number of nitro groups is 1. The highest BCUT2D eigenvalue weighted by Gasteiger charge is 2.22. The molecule has 0 saturated heterocycles. The van der Waals surface area contributed by atoms with Crippen LogP contribution in [0.3, 0.4) is 0 Å². The van der Waals surface area contributed by atoms with Crippen LogP contribution in [0.4, 0.5) is 11.5 Å². The first-order valence-electron chi connectivity index (χ1n) is 6.00. The van der Waals surface area contributed by atoms with Gasteiger partial charge in [-0.1, -0.05) is 0 Å². The second-order valence-electron chi connectivity index (χ2n) is 3.93. The first kappa shape index (κ1) is 16.5. The third-order valence-corrected chi connectivity index (χ3v) is 2.74. The molecule has 0 N–H and O–H groups in total. The van der Waals surface area contributed by atoms with Crippen molar-refractivity contribution in [1.82, 2.24) is 9.97 Å². The van der Waals surface area contributed by atoms with Gasteiger partial charge in [0.05, 0.1) is 11.5 Å². The Morgan fingerprint density at radius 3 is 2.65 bits per heavy atom. The SMILES string of the molecule is COCCCN(CCOC)c1nc(Cl)ncc1[N+](=O)[O-]. The van der Waals surface area contributed by atoms with Crippen LogP contribution in [0.5, 0.6) is 0 Å². The Morgan fingerprint density at radius 1 is 1.35 bits per heavy atom. The molecule has 8 nitrogen and oxygen atoms in total. The van der Waals surface area contributed by atoms with E-state index >= 15 is 0 Å². The van der Waals surface area contributed by atoms with Gasteiger partial charge in [-0.3, -0.25) is 10.1 Å². The molecule has 20 heavy (non-hydrogen) atoms. The summed E-state index contributed by atoms with van der Waals surface area (Å²) in [6.07, 6.45) is 1.82. The second-order valence-corrected chi connectivity index (χ2v) is 4.27. The van der Waals surface area contributed by atoms with Crippen LogP contribution in [0.25, 0.3) is 0 Å². The molecule has 1 aromatic rings. The van der Waals surface area contributed by atoms with Crippen molar-refractivity contribution >= 4 is 23.1 Å². The maximum atomic E-state index is 11.0. The molecule has 9 heteroatoms. The second kappa shape index (κ2) is 8.62. The number of ether oxygens (including phenoxy) is 2. The Labute approximate surface area is 121 Å². The molecule has 0 atom stereocenters. The van der Waals surface area contributed by atoms with Crippen LogP contribution < -0.4 is 4.90 Å². The molecule has 0 aliphatic rings. The highest BCUT2D eigenvalue weighted by Crippen LogP contribution is 2.26. The number of aromatic nitrogens is 2. The van der Waals surface area contributed by atoms with Gasteiger partial charge in [0.25, 0.3) is 0 Å². The minimum atomic E-state index is -0.526. The zero-order valence-electron chi connectivity index (χ0n) is 11.4. The summed E-state index contributed by atoms with van der Waals surface area (Å²) in [6, 6.07) is 0. The van der Waals surface area contributed by atoms with Crippen molar-refractivity contribution in [2.24, 2.45) is 0 Å². The van der Waals surface area contributed by atoms with E-state index in [4.69, 9.17) is 21.1 Å². The van der Waals surface area contributed by atoms with Gasteiger partial charge in [0, 0.05) is 33.9 Å². The number of nitrogens with zero attached hydrogens (tertiary/aromatic N) is 4. The van der Waals surface area contributed by atoms with Crippen molar-refractivity contribution in [2.45, 2.75) is 6.42 Å². The van der Waals surface area contributed by atoms with Crippen molar-refractivity contribution in [3.05, 3.63) is 21.6 Å². The monoisotopic (exact) mass is 304 g/mol. The Bertz CT molecular complexity index is 446. The first-order valence-corrected chi connectivity index (χ1v) is 6.37. The van der Waals surface area contributed by atoms with Crippen LogP contribution in [0.15, 0.2) is 6.20 Å². The maximum absolute atomic E-state index is 11.0. The average Bonchev–Trinajstić information content (AvgIpc) is 2.42. The molecule has 0 bridgehead atoms. The quantitative estimate of drug-likeness (QED) is 0.296. The lowest BCUT2D eigenvalue weighted by molar-refractivity contribution is -0.384. The van der Waals surface area contributed by atoms with Gasteiger partial charge in [0.1, 0.15) is 6.20 Å². The van der Waals surface area contributed by atoms with Gasteiger partial charge in [-0.2, -0.15) is 4.98 Å². The molecule has 0 aliphatic carbocycles. The Morgan fingerprint density at radius 2 is 2.05 bits per heavy atom. The largest absolute Gasteiger partial charge is 0.385 e. The smallest absolute Gasteiger partial charge is 0.329 e. The van der Waals surface area contributed by atoms with Gasteiger partial charge < -0.3 is 14.4 Å². The highest BCUT2D eigenvalue weighted by molar-refractivity contribution is 6.28. The number of hydrogen-bond acceptors (Lipinski definition) is 7. The zero-order valence-corrected chi connectivity index (χ0v) is 12.2. The highest BCUT2D eigenvalue weighted by atomic mass is 35.5. The van der Waals surface area contributed by atoms with E-state index in [1.54, 1.807) is 19.1 Å². The first-order chi connectivity index (χ1) is 9.60. The van der Waals surface area contributed by atoms with E-state index in [0.29, 0.717) is 32.7 Å². The molecule has 112 valence electrons. The summed E-state index contributed by atoms with van der Waals surface area (Å²) >= 11 is 5.73. The average molecular weight is 305 g/mol. The molecule has 1 rings (SSSR count). The molecule has 0 spiro atoms. The van der Waals surface area contributed by atoms with E-state index in [2.05, 4.69) is 9.97 Å². The summed E-state index contributed by atoms with van der Waals surface area (Å²) in [5, 5.41) is 11.0. The Kier molecular flexibility index (Phi) is 7.13. The Hall–Kier alpha value is -1.51. The van der Waals surface area contributed by atoms with E-state index in [-0.39, 0.29) is 16.8 Å². The molecule has 0 fully saturated rings. The predicted molar refractivity (Wildman–Crippen MR) is 74.3 cm³/mol. The summed E-state index contributed by atoms with van der Waals surface area (Å²) < 4.78 is 9.99. The van der Waals surface area contributed by atoms with Gasteiger partial charge in [-0.25, -0.2) is 4.98 Å². The number of halogens is 1. The molecular weight excluding hydrogens is 288 g/mol. The third-order valence-electron chi connectivity index (χ3n) is 2.56. The topological polar surface area (TPSA) is 90.6 Å². The summed E-state index contributed by atoms with van der Waals surface area (Å²) in [5.74, 6) is 0.197. The van der Waals surface area contributed by atoms with E-state index in [0.717, 1.165) is 6.20 Å². The van der Waals surface area contributed by atoms with Gasteiger partial charge in [0.2, 0.25) is 11.1 Å². The molecule has 1 heterocycles. The van der Waals surface area contributed by atoms with E-state index in [9.17, 15) is 10.1 Å². The lowest BCUT2D eigenvalue weighted by Crippen LogP contribution is -2.30. The van der Waals surface area contributed by atoms with E-state index < -0.39 is 4.92 Å². The number of methoxy groups -OCH3 is 2. The fourth-order valence-electron chi connectivity index (χ4n) is 1.63. The molecule has 1 aromatic heterocycles. The molecule has 0 saturated carbocycles. The fraction of sp³-hybridized carbons (Fsp3) is 0.636. The summed E-state index contributed by atoms with van der Waals surface area (Å²) in [5.41, 5.74) is -0.178. The maximum Gasteiger partial charge on any atom is 0.329 e. The van der Waals surface area contributed by atoms with Crippen LogP contribution in [0, 0.1) is 10.1 Å². The molecule has 0 aromatic carbocycles. The predicted octanol–water partition coefficient (Wildman–Crippen LogP) is 1.53. The summed E-state index contributed by atoms with van der Waals surface area (Å²) in [6.45, 7) is 1.99. The minimum absolute atomic E-state index is 0.0280. The van der Waals surface area contributed by atoms with Crippen LogP contribution in [-0.2, 0) is 9.47 Å². The van der Waals surface area contributed by atoms with Crippen molar-refractivity contribution in [3.8, 4) is 0 Å². The van der Waals surface area contributed by atoms with E-state index in [1.807, 2.05) is 0 Å². The number of hydrogen-bond donors (Lipinski definition) is 0. The number of rotatable bonds is 9. The fourth-order valence-corrected chi connectivity index (χ4v) is 1.76. The lowest BCUT2D eigenvalue weighted by atomic mass is 10.3. The van der Waals surface area contributed by atoms with Crippen molar-refractivity contribution in [2.75, 3.05) is 45.4 Å². The van der Waals surface area contributed by atoms with Gasteiger partial charge in [0.15, 0.2) is 0 Å². The summed E-state index contributed by atoms with van der Waals surface area (Å²) in [7, 11) is 3.16. The molecule has 0 amide bonds. The minimum Gasteiger partial charge on any atom is -0.385 e. The van der Waals surface area contributed by atoms with Gasteiger partial charge >= 0.3 is 5.69 Å². The van der Waals surface area contributed by atoms with Crippen molar-refractivity contribution < 1.29 is 14.4 Å². The summed E-state index contributed by atoms with van der Waals surface area (Å²) in [4.78, 5) is 19.9. The molecular formula is C11H17ClN4O4. The van der Waals surface area contributed by atoms with Crippen molar-refractivity contribution in [1.29, 1.82) is 0 Å². The van der Waals surface area contributed by atoms with Gasteiger partial charge in [-0.05, 0) is 18.0 Å². The van der Waals surface area contributed by atoms with E-state index in [1.165, 1.54) is 0 Å². The van der Waals surface area contributed by atoms with Gasteiger partial charge in [-0.15, -0.1) is 0 Å². The van der Waals surface area contributed by atoms with Crippen LogP contribution in [0.2, 0.25) is 5.28 Å². The normalized spacial score (nSPS) is 10.6. The Balaban J connectivity index is 2.97. The van der Waals surface area contributed by atoms with Crippen LogP contribution >= 0.6 is 11.6 Å². The zero-order chi connectivity index (χ0) is 15.0. The molecule has 0 unspecified atom stereocenters.